The first-order chi connectivity index (χ1) is 11.1. The third-order valence-corrected chi connectivity index (χ3v) is 11.6. The van der Waals surface area contributed by atoms with E-state index in [1.807, 2.05) is 32.9 Å². The third kappa shape index (κ3) is 6.28. The molecule has 6 heteroatoms. The van der Waals surface area contributed by atoms with Gasteiger partial charge >= 0.3 is 0 Å². The molecule has 0 heterocycles. The number of rotatable bonds is 6. The molecule has 1 aromatic carbocycles. The maximum Gasteiger partial charge on any atom is 0.192 e. The summed E-state index contributed by atoms with van der Waals surface area (Å²) in [4.78, 5) is 0. The molecule has 0 spiro atoms. The van der Waals surface area contributed by atoms with Gasteiger partial charge in [0.05, 0.1) is 27.9 Å². The van der Waals surface area contributed by atoms with Crippen LogP contribution in [0.5, 0.6) is 0 Å². The predicted molar refractivity (Wildman–Crippen MR) is 116 cm³/mol. The van der Waals surface area contributed by atoms with Gasteiger partial charge in [-0.2, -0.15) is 0 Å². The molecule has 0 saturated carbocycles. The zero-order valence-corrected chi connectivity index (χ0v) is 20.5. The molecule has 0 aromatic heterocycles. The van der Waals surface area contributed by atoms with Crippen molar-refractivity contribution in [3.05, 3.63) is 34.3 Å². The van der Waals surface area contributed by atoms with Gasteiger partial charge in [-0.05, 0) is 63.5 Å². The summed E-state index contributed by atoms with van der Waals surface area (Å²) in [6.45, 7) is 19.7. The lowest BCUT2D eigenvalue weighted by atomic mass is 9.94. The minimum absolute atomic E-state index is 0.133. The zero-order valence-electron chi connectivity index (χ0n) is 17.1. The van der Waals surface area contributed by atoms with E-state index in [9.17, 15) is 4.21 Å². The van der Waals surface area contributed by atoms with E-state index < -0.39 is 24.8 Å². The van der Waals surface area contributed by atoms with Gasteiger partial charge in [0.1, 0.15) is 0 Å². The molecule has 2 atom stereocenters. The van der Waals surface area contributed by atoms with Gasteiger partial charge in [0.2, 0.25) is 0 Å². The average Bonchev–Trinajstić information content (AvgIpc) is 2.43. The van der Waals surface area contributed by atoms with Crippen molar-refractivity contribution in [2.24, 2.45) is 0 Å². The lowest BCUT2D eigenvalue weighted by Gasteiger charge is -2.41. The number of hydrogen-bond donors (Lipinski definition) is 1. The van der Waals surface area contributed by atoms with E-state index in [-0.39, 0.29) is 9.79 Å². The van der Waals surface area contributed by atoms with E-state index in [0.717, 1.165) is 10.0 Å². The van der Waals surface area contributed by atoms with Crippen molar-refractivity contribution < 1.29 is 8.63 Å². The summed E-state index contributed by atoms with van der Waals surface area (Å²) in [6.07, 6.45) is 0. The number of halogens is 1. The fraction of sp³-hybridized carbons (Fsp3) is 0.684. The van der Waals surface area contributed by atoms with Crippen molar-refractivity contribution in [1.82, 2.24) is 4.72 Å². The third-order valence-electron chi connectivity index (χ3n) is 4.86. The molecular formula is C19H34BrNO2SSi. The van der Waals surface area contributed by atoms with Gasteiger partial charge in [-0.3, -0.25) is 0 Å². The maximum absolute atomic E-state index is 12.8. The van der Waals surface area contributed by atoms with Gasteiger partial charge in [0.25, 0.3) is 0 Å². The lowest BCUT2D eigenvalue weighted by Crippen LogP contribution is -2.52. The second-order valence-corrected chi connectivity index (χ2v) is 17.1. The highest BCUT2D eigenvalue weighted by atomic mass is 79.9. The first kappa shape index (κ1) is 23.0. The molecule has 0 amide bonds. The molecule has 1 aromatic rings. The molecule has 0 radical (unpaired) electrons. The molecule has 0 bridgehead atoms. The van der Waals surface area contributed by atoms with Crippen molar-refractivity contribution in [3.8, 4) is 0 Å². The van der Waals surface area contributed by atoms with Crippen molar-refractivity contribution in [2.75, 3.05) is 6.61 Å². The second-order valence-electron chi connectivity index (χ2n) is 9.37. The average molecular weight is 449 g/mol. The van der Waals surface area contributed by atoms with Gasteiger partial charge in [-0.25, -0.2) is 8.93 Å². The summed E-state index contributed by atoms with van der Waals surface area (Å²) < 4.78 is 23.3. The van der Waals surface area contributed by atoms with Crippen LogP contribution < -0.4 is 4.72 Å². The van der Waals surface area contributed by atoms with Gasteiger partial charge in [0, 0.05) is 4.47 Å². The van der Waals surface area contributed by atoms with Crippen molar-refractivity contribution >= 4 is 35.2 Å². The summed E-state index contributed by atoms with van der Waals surface area (Å²) in [5, 5.41) is 0.133. The van der Waals surface area contributed by atoms with E-state index in [2.05, 4.69) is 73.6 Å². The molecule has 0 unspecified atom stereocenters. The monoisotopic (exact) mass is 447 g/mol. The van der Waals surface area contributed by atoms with Crippen molar-refractivity contribution in [3.63, 3.8) is 0 Å². The standard InChI is InChI=1S/C19H34BrNO2SSi/c1-17(2,3)24(22)21-19(7,15-11-10-12-16(20)13-15)14-23-25(8,9)18(4,5)6/h10-13,21H,14H2,1-9H3/t19-,24-/m0/s1. The minimum atomic E-state index is -1.91. The van der Waals surface area contributed by atoms with Gasteiger partial charge in [-0.15, -0.1) is 0 Å². The van der Waals surface area contributed by atoms with Gasteiger partial charge in [0.15, 0.2) is 8.32 Å². The summed E-state index contributed by atoms with van der Waals surface area (Å²) in [5.41, 5.74) is 0.537. The van der Waals surface area contributed by atoms with Gasteiger partial charge < -0.3 is 4.43 Å². The fourth-order valence-electron chi connectivity index (χ4n) is 1.90. The molecule has 0 fully saturated rings. The van der Waals surface area contributed by atoms with E-state index in [1.165, 1.54) is 0 Å². The number of hydrogen-bond acceptors (Lipinski definition) is 2. The van der Waals surface area contributed by atoms with Crippen LogP contribution in [0.25, 0.3) is 0 Å². The van der Waals surface area contributed by atoms with E-state index in [4.69, 9.17) is 4.43 Å². The zero-order chi connectivity index (χ0) is 19.7. The van der Waals surface area contributed by atoms with Crippen LogP contribution in [0, 0.1) is 0 Å². The molecule has 1 N–H and O–H groups in total. The van der Waals surface area contributed by atoms with E-state index >= 15 is 0 Å². The van der Waals surface area contributed by atoms with E-state index in [1.54, 1.807) is 0 Å². The Morgan fingerprint density at radius 3 is 2.12 bits per heavy atom. The van der Waals surface area contributed by atoms with Crippen LogP contribution in [0.4, 0.5) is 0 Å². The summed E-state index contributed by atoms with van der Waals surface area (Å²) in [7, 11) is -3.10. The highest BCUT2D eigenvalue weighted by molar-refractivity contribution is 9.10. The fourth-order valence-corrected chi connectivity index (χ4v) is 4.28. The predicted octanol–water partition coefficient (Wildman–Crippen LogP) is 5.74. The van der Waals surface area contributed by atoms with Crippen molar-refractivity contribution in [2.45, 2.75) is 76.9 Å². The molecule has 25 heavy (non-hydrogen) atoms. The SMILES string of the molecule is CC(C)(C)[S@](=O)N[C@@](C)(CO[Si](C)(C)C(C)(C)C)c1cccc(Br)c1. The van der Waals surface area contributed by atoms with Crippen LogP contribution in [-0.2, 0) is 21.0 Å². The normalized spacial score (nSPS) is 17.2. The van der Waals surface area contributed by atoms with Crippen LogP contribution in [-0.4, -0.2) is 23.9 Å². The van der Waals surface area contributed by atoms with Gasteiger partial charge in [-0.1, -0.05) is 48.8 Å². The van der Waals surface area contributed by atoms with Crippen LogP contribution >= 0.6 is 15.9 Å². The number of nitrogens with one attached hydrogen (secondary N) is 1. The summed E-state index contributed by atoms with van der Waals surface area (Å²) in [6, 6.07) is 8.14. The Hall–Kier alpha value is -0.0131. The largest absolute Gasteiger partial charge is 0.415 e. The minimum Gasteiger partial charge on any atom is -0.415 e. The molecule has 0 saturated heterocycles. The maximum atomic E-state index is 12.8. The number of benzene rings is 1. The topological polar surface area (TPSA) is 38.3 Å². The first-order valence-electron chi connectivity index (χ1n) is 8.68. The quantitative estimate of drug-likeness (QED) is 0.564. The highest BCUT2D eigenvalue weighted by Crippen LogP contribution is 2.38. The van der Waals surface area contributed by atoms with Crippen LogP contribution in [0.15, 0.2) is 28.7 Å². The smallest absolute Gasteiger partial charge is 0.192 e. The Balaban J connectivity index is 3.18. The Bertz CT molecular complexity index is 623. The Morgan fingerprint density at radius 2 is 1.68 bits per heavy atom. The summed E-state index contributed by atoms with van der Waals surface area (Å²) >= 11 is 3.55. The highest BCUT2D eigenvalue weighted by Gasteiger charge is 2.41. The van der Waals surface area contributed by atoms with Crippen molar-refractivity contribution in [1.29, 1.82) is 0 Å². The van der Waals surface area contributed by atoms with E-state index in [0.29, 0.717) is 6.61 Å². The van der Waals surface area contributed by atoms with Crippen LogP contribution in [0.2, 0.25) is 18.1 Å². The Kier molecular flexibility index (Phi) is 7.30. The molecule has 0 aliphatic heterocycles. The molecule has 3 nitrogen and oxygen atoms in total. The molecular weight excluding hydrogens is 414 g/mol. The Morgan fingerprint density at radius 1 is 1.12 bits per heavy atom. The first-order valence-corrected chi connectivity index (χ1v) is 13.5. The second kappa shape index (κ2) is 7.93. The summed E-state index contributed by atoms with van der Waals surface area (Å²) in [5.74, 6) is 0. The molecule has 1 rings (SSSR count). The Labute approximate surface area is 166 Å². The molecule has 0 aliphatic carbocycles. The molecule has 0 aliphatic rings. The lowest BCUT2D eigenvalue weighted by molar-refractivity contribution is 0.200. The molecule has 144 valence electrons. The van der Waals surface area contributed by atoms with Crippen LogP contribution in [0.3, 0.4) is 0 Å². The van der Waals surface area contributed by atoms with Crippen LogP contribution in [0.1, 0.15) is 54.0 Å².